The van der Waals surface area contributed by atoms with Crippen LogP contribution >= 0.6 is 0 Å². The number of benzene rings is 1. The zero-order valence-corrected chi connectivity index (χ0v) is 15.2. The fourth-order valence-electron chi connectivity index (χ4n) is 4.66. The molecule has 0 bridgehead atoms. The molecule has 1 saturated heterocycles. The van der Waals surface area contributed by atoms with Crippen molar-refractivity contribution in [2.45, 2.75) is 56.7 Å². The molecule has 1 aromatic carbocycles. The molecule has 142 valence electrons. The molecule has 4 rings (SSSR count). The number of esters is 1. The highest BCUT2D eigenvalue weighted by Crippen LogP contribution is 2.35. The molecule has 0 N–H and O–H groups in total. The van der Waals surface area contributed by atoms with E-state index in [0.717, 1.165) is 0 Å². The van der Waals surface area contributed by atoms with Crippen LogP contribution in [0.5, 0.6) is 0 Å². The van der Waals surface area contributed by atoms with Gasteiger partial charge in [0.2, 0.25) is 5.91 Å². The predicted octanol–water partition coefficient (Wildman–Crippen LogP) is 1.76. The summed E-state index contributed by atoms with van der Waals surface area (Å²) in [5.41, 5.74) is 0.926. The lowest BCUT2D eigenvalue weighted by molar-refractivity contribution is -0.151. The largest absolute Gasteiger partial charge is 0.467 e. The van der Waals surface area contributed by atoms with E-state index in [9.17, 15) is 19.2 Å². The third kappa shape index (κ3) is 2.81. The van der Waals surface area contributed by atoms with E-state index >= 15 is 0 Å². The van der Waals surface area contributed by atoms with Gasteiger partial charge < -0.3 is 9.64 Å². The van der Waals surface area contributed by atoms with Crippen LogP contribution in [0, 0.1) is 0 Å². The molecule has 3 amide bonds. The molecule has 7 nitrogen and oxygen atoms in total. The van der Waals surface area contributed by atoms with Crippen LogP contribution in [-0.2, 0) is 14.3 Å². The topological polar surface area (TPSA) is 84.0 Å². The van der Waals surface area contributed by atoms with E-state index in [1.54, 1.807) is 29.2 Å². The summed E-state index contributed by atoms with van der Waals surface area (Å²) in [5.74, 6) is -0.856. The molecule has 0 aromatic heterocycles. The number of imide groups is 1. The summed E-state index contributed by atoms with van der Waals surface area (Å²) in [7, 11) is 1.34. The zero-order chi connectivity index (χ0) is 19.1. The Hall–Kier alpha value is -2.70. The van der Waals surface area contributed by atoms with Crippen LogP contribution in [0.2, 0.25) is 0 Å². The van der Waals surface area contributed by atoms with Gasteiger partial charge in [-0.3, -0.25) is 19.3 Å². The fraction of sp³-hybridized carbons (Fsp3) is 0.500. The highest BCUT2D eigenvalue weighted by atomic mass is 16.5. The van der Waals surface area contributed by atoms with Gasteiger partial charge in [0.15, 0.2) is 0 Å². The molecule has 0 radical (unpaired) electrons. The number of hydrogen-bond acceptors (Lipinski definition) is 5. The SMILES string of the molecule is COC(=O)C1CCC(=O)N1C1CCC(N2C(=O)c3ccccc3C2=O)CC1. The molecular formula is C20H22N2O5. The number of hydrogen-bond donors (Lipinski definition) is 0. The van der Waals surface area contributed by atoms with Crippen molar-refractivity contribution in [3.05, 3.63) is 35.4 Å². The van der Waals surface area contributed by atoms with Crippen molar-refractivity contribution in [1.82, 2.24) is 9.80 Å². The Balaban J connectivity index is 1.45. The number of methoxy groups -OCH3 is 1. The lowest BCUT2D eigenvalue weighted by Gasteiger charge is -2.39. The van der Waals surface area contributed by atoms with Crippen LogP contribution in [-0.4, -0.2) is 58.7 Å². The summed E-state index contributed by atoms with van der Waals surface area (Å²) in [5, 5.41) is 0. The summed E-state index contributed by atoms with van der Waals surface area (Å²) < 4.78 is 4.84. The second-order valence-corrected chi connectivity index (χ2v) is 7.37. The van der Waals surface area contributed by atoms with E-state index in [0.29, 0.717) is 49.7 Å². The predicted molar refractivity (Wildman–Crippen MR) is 94.9 cm³/mol. The van der Waals surface area contributed by atoms with Gasteiger partial charge in [0.05, 0.1) is 18.2 Å². The third-order valence-electron chi connectivity index (χ3n) is 5.98. The molecule has 1 aromatic rings. The second kappa shape index (κ2) is 6.79. The average molecular weight is 370 g/mol. The van der Waals surface area contributed by atoms with E-state index in [-0.39, 0.29) is 35.8 Å². The van der Waals surface area contributed by atoms with E-state index in [4.69, 9.17) is 4.74 Å². The number of fused-ring (bicyclic) bond motifs is 1. The molecule has 27 heavy (non-hydrogen) atoms. The first-order valence-corrected chi connectivity index (χ1v) is 9.39. The van der Waals surface area contributed by atoms with E-state index in [2.05, 4.69) is 0 Å². The summed E-state index contributed by atoms with van der Waals surface area (Å²) >= 11 is 0. The first-order valence-electron chi connectivity index (χ1n) is 9.39. The summed E-state index contributed by atoms with van der Waals surface area (Å²) in [6.45, 7) is 0. The second-order valence-electron chi connectivity index (χ2n) is 7.37. The maximum Gasteiger partial charge on any atom is 0.328 e. The van der Waals surface area contributed by atoms with Crippen molar-refractivity contribution in [3.8, 4) is 0 Å². The minimum absolute atomic E-state index is 0.0189. The van der Waals surface area contributed by atoms with Crippen molar-refractivity contribution in [1.29, 1.82) is 0 Å². The Bertz CT molecular complexity index is 777. The Labute approximate surface area is 157 Å². The van der Waals surface area contributed by atoms with E-state index < -0.39 is 6.04 Å². The van der Waals surface area contributed by atoms with Crippen LogP contribution in [0.4, 0.5) is 0 Å². The average Bonchev–Trinajstić information content (AvgIpc) is 3.20. The molecule has 1 atom stereocenters. The Morgan fingerprint density at radius 3 is 2.04 bits per heavy atom. The highest BCUT2D eigenvalue weighted by Gasteiger charge is 2.45. The number of likely N-dealkylation sites (tertiary alicyclic amines) is 1. The van der Waals surface area contributed by atoms with Gasteiger partial charge in [-0.25, -0.2) is 4.79 Å². The normalized spacial score (nSPS) is 27.9. The van der Waals surface area contributed by atoms with Gasteiger partial charge >= 0.3 is 5.97 Å². The van der Waals surface area contributed by atoms with Gasteiger partial charge in [-0.2, -0.15) is 0 Å². The summed E-state index contributed by atoms with van der Waals surface area (Å²) in [6, 6.07) is 6.17. The van der Waals surface area contributed by atoms with E-state index in [1.807, 2.05) is 0 Å². The number of carbonyl (C=O) groups excluding carboxylic acids is 4. The monoisotopic (exact) mass is 370 g/mol. The number of nitrogens with zero attached hydrogens (tertiary/aromatic N) is 2. The zero-order valence-electron chi connectivity index (χ0n) is 15.2. The third-order valence-corrected chi connectivity index (χ3v) is 5.98. The first kappa shape index (κ1) is 17.7. The molecule has 1 unspecified atom stereocenters. The smallest absolute Gasteiger partial charge is 0.328 e. The molecule has 2 aliphatic heterocycles. The molecule has 2 fully saturated rings. The van der Waals surface area contributed by atoms with Crippen LogP contribution in [0.3, 0.4) is 0 Å². The number of ether oxygens (including phenoxy) is 1. The van der Waals surface area contributed by atoms with Crippen molar-refractivity contribution < 1.29 is 23.9 Å². The maximum atomic E-state index is 12.7. The number of carbonyl (C=O) groups is 4. The van der Waals surface area contributed by atoms with Gasteiger partial charge in [0.25, 0.3) is 11.8 Å². The molecule has 0 spiro atoms. The van der Waals surface area contributed by atoms with Gasteiger partial charge in [0.1, 0.15) is 6.04 Å². The van der Waals surface area contributed by atoms with Gasteiger partial charge in [-0.15, -0.1) is 0 Å². The molecule has 3 aliphatic rings. The summed E-state index contributed by atoms with van der Waals surface area (Å²) in [6.07, 6.45) is 3.44. The minimum Gasteiger partial charge on any atom is -0.467 e. The van der Waals surface area contributed by atoms with Crippen molar-refractivity contribution >= 4 is 23.7 Å². The number of amides is 3. The van der Waals surface area contributed by atoms with Crippen LogP contribution in [0.15, 0.2) is 24.3 Å². The number of rotatable bonds is 3. The van der Waals surface area contributed by atoms with Crippen LogP contribution < -0.4 is 0 Å². The van der Waals surface area contributed by atoms with E-state index in [1.165, 1.54) is 12.0 Å². The minimum atomic E-state index is -0.511. The molecule has 1 aliphatic carbocycles. The highest BCUT2D eigenvalue weighted by molar-refractivity contribution is 6.21. The lowest BCUT2D eigenvalue weighted by Crippen LogP contribution is -2.50. The van der Waals surface area contributed by atoms with Gasteiger partial charge in [0, 0.05) is 18.5 Å². The summed E-state index contributed by atoms with van der Waals surface area (Å²) in [4.78, 5) is 52.6. The maximum absolute atomic E-state index is 12.7. The first-order chi connectivity index (χ1) is 13.0. The van der Waals surface area contributed by atoms with Crippen molar-refractivity contribution in [2.75, 3.05) is 7.11 Å². The van der Waals surface area contributed by atoms with Gasteiger partial charge in [-0.1, -0.05) is 12.1 Å². The van der Waals surface area contributed by atoms with Crippen LogP contribution in [0.25, 0.3) is 0 Å². The Morgan fingerprint density at radius 2 is 1.48 bits per heavy atom. The van der Waals surface area contributed by atoms with Gasteiger partial charge in [-0.05, 0) is 44.2 Å². The quantitative estimate of drug-likeness (QED) is 0.598. The Morgan fingerprint density at radius 1 is 0.926 bits per heavy atom. The van der Waals surface area contributed by atoms with Crippen LogP contribution in [0.1, 0.15) is 59.2 Å². The lowest BCUT2D eigenvalue weighted by atomic mass is 9.88. The molecule has 1 saturated carbocycles. The van der Waals surface area contributed by atoms with Crippen molar-refractivity contribution in [3.63, 3.8) is 0 Å². The Kier molecular flexibility index (Phi) is 4.45. The standard InChI is InChI=1S/C20H22N2O5/c1-27-20(26)16-10-11-17(23)21(16)12-6-8-13(9-7-12)22-18(24)14-4-2-3-5-15(14)19(22)25/h2-5,12-13,16H,6-11H2,1H3. The fourth-order valence-corrected chi connectivity index (χ4v) is 4.66. The molecule has 2 heterocycles. The molecule has 7 heteroatoms. The molecular weight excluding hydrogens is 348 g/mol. The van der Waals surface area contributed by atoms with Crippen molar-refractivity contribution in [2.24, 2.45) is 0 Å².